The number of methoxy groups -OCH3 is 2. The Kier molecular flexibility index (Phi) is 9.00. The molecule has 2 N–H and O–H groups in total. The van der Waals surface area contributed by atoms with E-state index in [1.54, 1.807) is 26.5 Å². The van der Waals surface area contributed by atoms with Crippen molar-refractivity contribution in [2.45, 2.75) is 13.0 Å². The van der Waals surface area contributed by atoms with Crippen LogP contribution in [0.1, 0.15) is 17.5 Å². The summed E-state index contributed by atoms with van der Waals surface area (Å²) < 4.78 is 16.5. The predicted octanol–water partition coefficient (Wildman–Crippen LogP) is 4.91. The Bertz CT molecular complexity index is 1390. The van der Waals surface area contributed by atoms with Gasteiger partial charge in [0, 0.05) is 42.5 Å². The van der Waals surface area contributed by atoms with Gasteiger partial charge >= 0.3 is 0 Å². The number of ether oxygens (including phenoxy) is 3. The maximum absolute atomic E-state index is 12.6. The quantitative estimate of drug-likeness (QED) is 0.206. The molecule has 2 heterocycles. The number of carbonyl (C=O) groups is 1. The summed E-state index contributed by atoms with van der Waals surface area (Å²) in [6, 6.07) is 15.6. The smallest absolute Gasteiger partial charge is 0.244 e. The minimum absolute atomic E-state index is 0.199. The second-order valence-corrected chi connectivity index (χ2v) is 9.10. The fraction of sp³-hybridized carbons (Fsp3) is 0.267. The van der Waals surface area contributed by atoms with Crippen molar-refractivity contribution >= 4 is 23.0 Å². The third kappa shape index (κ3) is 6.72. The number of hydrogen-bond donors (Lipinski definition) is 2. The number of aromatic amines is 1. The van der Waals surface area contributed by atoms with Gasteiger partial charge < -0.3 is 29.4 Å². The van der Waals surface area contributed by atoms with Crippen LogP contribution in [0, 0.1) is 0 Å². The summed E-state index contributed by atoms with van der Waals surface area (Å²) in [6.45, 7) is 2.04. The largest absolute Gasteiger partial charge is 0.494 e. The van der Waals surface area contributed by atoms with Crippen molar-refractivity contribution < 1.29 is 19.0 Å². The highest BCUT2D eigenvalue weighted by atomic mass is 16.5. The fourth-order valence-corrected chi connectivity index (χ4v) is 4.16. The average Bonchev–Trinajstić information content (AvgIpc) is 3.36. The zero-order valence-electron chi connectivity index (χ0n) is 22.3. The summed E-state index contributed by atoms with van der Waals surface area (Å²) in [6.07, 6.45) is 7.95. The second-order valence-electron chi connectivity index (χ2n) is 9.10. The van der Waals surface area contributed by atoms with Gasteiger partial charge in [-0.2, -0.15) is 0 Å². The van der Waals surface area contributed by atoms with Crippen molar-refractivity contribution in [1.29, 1.82) is 0 Å². The molecule has 0 saturated carbocycles. The van der Waals surface area contributed by atoms with E-state index in [-0.39, 0.29) is 5.91 Å². The number of hydrogen-bond acceptors (Lipinski definition) is 6. The van der Waals surface area contributed by atoms with E-state index in [2.05, 4.69) is 34.3 Å². The van der Waals surface area contributed by atoms with Crippen LogP contribution >= 0.6 is 0 Å². The molecule has 0 radical (unpaired) electrons. The van der Waals surface area contributed by atoms with Crippen LogP contribution in [-0.4, -0.2) is 62.2 Å². The molecule has 4 aromatic rings. The Morgan fingerprint density at radius 2 is 1.84 bits per heavy atom. The zero-order chi connectivity index (χ0) is 26.9. The molecule has 4 rings (SSSR count). The lowest BCUT2D eigenvalue weighted by atomic mass is 10.0. The Balaban J connectivity index is 1.44. The minimum atomic E-state index is -0.199. The monoisotopic (exact) mass is 514 g/mol. The highest BCUT2D eigenvalue weighted by Gasteiger charge is 2.11. The summed E-state index contributed by atoms with van der Waals surface area (Å²) in [4.78, 5) is 22.4. The van der Waals surface area contributed by atoms with Gasteiger partial charge in [-0.3, -0.25) is 4.79 Å². The molecule has 0 aliphatic carbocycles. The number of aromatic nitrogens is 2. The van der Waals surface area contributed by atoms with E-state index in [0.717, 1.165) is 52.0 Å². The van der Waals surface area contributed by atoms with Crippen molar-refractivity contribution in [2.75, 3.05) is 41.5 Å². The molecule has 2 aromatic heterocycles. The number of benzene rings is 2. The lowest BCUT2D eigenvalue weighted by molar-refractivity contribution is -0.116. The maximum Gasteiger partial charge on any atom is 0.244 e. The number of nitrogens with zero attached hydrogens (tertiary/aromatic N) is 2. The first-order chi connectivity index (χ1) is 18.5. The highest BCUT2D eigenvalue weighted by Crippen LogP contribution is 2.32. The minimum Gasteiger partial charge on any atom is -0.494 e. The van der Waals surface area contributed by atoms with E-state index < -0.39 is 0 Å². The van der Waals surface area contributed by atoms with Gasteiger partial charge in [0.1, 0.15) is 11.4 Å². The van der Waals surface area contributed by atoms with E-state index in [4.69, 9.17) is 14.2 Å². The van der Waals surface area contributed by atoms with Crippen molar-refractivity contribution in [3.8, 4) is 28.4 Å². The Hall–Kier alpha value is -4.30. The Morgan fingerprint density at radius 1 is 1.05 bits per heavy atom. The molecule has 38 heavy (non-hydrogen) atoms. The lowest BCUT2D eigenvalue weighted by Gasteiger charge is -2.11. The molecule has 0 spiro atoms. The molecule has 198 valence electrons. The van der Waals surface area contributed by atoms with E-state index >= 15 is 0 Å². The Morgan fingerprint density at radius 3 is 2.58 bits per heavy atom. The number of amides is 1. The first-order valence-corrected chi connectivity index (χ1v) is 12.5. The Labute approximate surface area is 223 Å². The first-order valence-electron chi connectivity index (χ1n) is 12.5. The number of rotatable bonds is 12. The predicted molar refractivity (Wildman–Crippen MR) is 151 cm³/mol. The van der Waals surface area contributed by atoms with Crippen LogP contribution in [0.25, 0.3) is 28.2 Å². The van der Waals surface area contributed by atoms with Crippen molar-refractivity contribution in [3.63, 3.8) is 0 Å². The first kappa shape index (κ1) is 26.8. The second kappa shape index (κ2) is 12.8. The standard InChI is InChI=1S/C30H34N4O4/c1-34(2)16-5-17-38-24-10-7-22(8-11-24)25-14-15-31-30-29(25)23(20-33-30)9-13-28(35)32-19-21-6-12-26(36-3)27(18-21)37-4/h6-15,18,20H,5,16-17,19H2,1-4H3,(H,31,33)(H,32,35)/b13-9+. The molecule has 0 fully saturated rings. The van der Waals surface area contributed by atoms with Crippen LogP contribution in [0.15, 0.2) is 67.0 Å². The molecule has 1 amide bonds. The van der Waals surface area contributed by atoms with Crippen LogP contribution in [0.3, 0.4) is 0 Å². The van der Waals surface area contributed by atoms with Gasteiger partial charge in [-0.05, 0) is 73.6 Å². The fourth-order valence-electron chi connectivity index (χ4n) is 4.16. The van der Waals surface area contributed by atoms with Crippen molar-refractivity contribution in [1.82, 2.24) is 20.2 Å². The van der Waals surface area contributed by atoms with Gasteiger partial charge in [-0.25, -0.2) is 4.98 Å². The van der Waals surface area contributed by atoms with E-state index in [9.17, 15) is 4.79 Å². The maximum atomic E-state index is 12.6. The van der Waals surface area contributed by atoms with Gasteiger partial charge in [0.05, 0.1) is 20.8 Å². The molecular formula is C30H34N4O4. The third-order valence-electron chi connectivity index (χ3n) is 6.12. The molecule has 2 aromatic carbocycles. The summed E-state index contributed by atoms with van der Waals surface area (Å²) in [5.74, 6) is 1.92. The normalized spacial score (nSPS) is 11.3. The van der Waals surface area contributed by atoms with Crippen LogP contribution in [0.2, 0.25) is 0 Å². The van der Waals surface area contributed by atoms with Gasteiger partial charge in [-0.1, -0.05) is 18.2 Å². The van der Waals surface area contributed by atoms with Crippen LogP contribution < -0.4 is 19.5 Å². The third-order valence-corrected chi connectivity index (χ3v) is 6.12. The van der Waals surface area contributed by atoms with Crippen LogP contribution in [0.5, 0.6) is 17.2 Å². The van der Waals surface area contributed by atoms with Crippen LogP contribution in [0.4, 0.5) is 0 Å². The zero-order valence-corrected chi connectivity index (χ0v) is 22.3. The molecule has 0 saturated heterocycles. The number of carbonyl (C=O) groups excluding carboxylic acids is 1. The lowest BCUT2D eigenvalue weighted by Crippen LogP contribution is -2.20. The van der Waals surface area contributed by atoms with Crippen LogP contribution in [-0.2, 0) is 11.3 Å². The molecule has 8 heteroatoms. The summed E-state index contributed by atoms with van der Waals surface area (Å²) in [5, 5.41) is 3.87. The highest BCUT2D eigenvalue weighted by molar-refractivity contribution is 6.01. The summed E-state index contributed by atoms with van der Waals surface area (Å²) in [7, 11) is 7.29. The average molecular weight is 515 g/mol. The topological polar surface area (TPSA) is 88.7 Å². The number of H-pyrrole nitrogens is 1. The van der Waals surface area contributed by atoms with E-state index in [1.807, 2.05) is 54.7 Å². The van der Waals surface area contributed by atoms with Gasteiger partial charge in [0.2, 0.25) is 5.91 Å². The number of pyridine rings is 1. The van der Waals surface area contributed by atoms with Gasteiger partial charge in [0.15, 0.2) is 11.5 Å². The summed E-state index contributed by atoms with van der Waals surface area (Å²) in [5.41, 5.74) is 4.63. The number of fused-ring (bicyclic) bond motifs is 1. The molecule has 0 atom stereocenters. The van der Waals surface area contributed by atoms with Gasteiger partial charge in [-0.15, -0.1) is 0 Å². The molecular weight excluding hydrogens is 480 g/mol. The van der Waals surface area contributed by atoms with Crippen molar-refractivity contribution in [3.05, 3.63) is 78.1 Å². The molecule has 0 aliphatic heterocycles. The van der Waals surface area contributed by atoms with Gasteiger partial charge in [0.25, 0.3) is 0 Å². The van der Waals surface area contributed by atoms with Crippen molar-refractivity contribution in [2.24, 2.45) is 0 Å². The SMILES string of the molecule is COc1ccc(CNC(=O)/C=C/c2c[nH]c3nccc(-c4ccc(OCCCN(C)C)cc4)c23)cc1OC. The van der Waals surface area contributed by atoms with E-state index in [0.29, 0.717) is 24.7 Å². The summed E-state index contributed by atoms with van der Waals surface area (Å²) >= 11 is 0. The molecule has 0 aliphatic rings. The van der Waals surface area contributed by atoms with E-state index in [1.165, 1.54) is 6.08 Å². The molecule has 0 unspecified atom stereocenters. The molecule has 0 bridgehead atoms. The molecule has 8 nitrogen and oxygen atoms in total. The number of nitrogens with one attached hydrogen (secondary N) is 2.